The second-order valence-corrected chi connectivity index (χ2v) is 7.21. The van der Waals surface area contributed by atoms with Crippen LogP contribution in [-0.2, 0) is 11.2 Å². The third-order valence-electron chi connectivity index (χ3n) is 4.69. The molecule has 0 unspecified atom stereocenters. The summed E-state index contributed by atoms with van der Waals surface area (Å²) in [7, 11) is 4.31. The summed E-state index contributed by atoms with van der Waals surface area (Å²) < 4.78 is 5.54. The first-order valence-corrected chi connectivity index (χ1v) is 8.69. The van der Waals surface area contributed by atoms with Crippen molar-refractivity contribution >= 4 is 27.4 Å². The Bertz CT molecular complexity index is 634. The second-order valence-electron chi connectivity index (χ2n) is 6.09. The van der Waals surface area contributed by atoms with Gasteiger partial charge in [-0.2, -0.15) is 0 Å². The number of fused-ring (bicyclic) bond motifs is 1. The molecule has 1 N–H and O–H groups in total. The number of likely N-dealkylation sites (N-methyl/N-ethyl adjacent to an activating group) is 1. The van der Waals surface area contributed by atoms with Gasteiger partial charge in [0.15, 0.2) is 0 Å². The molecule has 1 saturated heterocycles. The number of ether oxygens (including phenoxy) is 1. The van der Waals surface area contributed by atoms with Gasteiger partial charge in [-0.1, -0.05) is 6.92 Å². The molecule has 0 bridgehead atoms. The standard InChI is InChI=1S/C16H24N4OS/c1-4-12-9-13-14(18-11-19-15(13)22-12)17-10-16(20(2)3)5-7-21-8-6-16/h9,11H,4-8,10H2,1-3H3,(H,17,18,19). The SMILES string of the molecule is CCc1cc2c(NCC3(N(C)C)CCOCC3)ncnc2s1. The summed E-state index contributed by atoms with van der Waals surface area (Å²) in [5.41, 5.74) is 0.138. The van der Waals surface area contributed by atoms with Crippen molar-refractivity contribution in [2.75, 3.05) is 39.2 Å². The van der Waals surface area contributed by atoms with E-state index < -0.39 is 0 Å². The van der Waals surface area contributed by atoms with Crippen molar-refractivity contribution in [2.45, 2.75) is 31.7 Å². The maximum atomic E-state index is 5.54. The van der Waals surface area contributed by atoms with Crippen LogP contribution < -0.4 is 5.32 Å². The lowest BCUT2D eigenvalue weighted by atomic mass is 9.88. The van der Waals surface area contributed by atoms with Gasteiger partial charge in [0.1, 0.15) is 17.0 Å². The van der Waals surface area contributed by atoms with E-state index in [4.69, 9.17) is 4.74 Å². The summed E-state index contributed by atoms with van der Waals surface area (Å²) in [6.07, 6.45) is 4.79. The van der Waals surface area contributed by atoms with E-state index in [0.717, 1.165) is 55.1 Å². The van der Waals surface area contributed by atoms with Crippen LogP contribution in [0.5, 0.6) is 0 Å². The smallest absolute Gasteiger partial charge is 0.138 e. The zero-order chi connectivity index (χ0) is 15.6. The zero-order valence-corrected chi connectivity index (χ0v) is 14.4. The van der Waals surface area contributed by atoms with E-state index in [9.17, 15) is 0 Å². The van der Waals surface area contributed by atoms with Gasteiger partial charge >= 0.3 is 0 Å². The van der Waals surface area contributed by atoms with Gasteiger partial charge in [-0.05, 0) is 39.4 Å². The molecule has 3 rings (SSSR count). The average molecular weight is 320 g/mol. The van der Waals surface area contributed by atoms with E-state index in [1.165, 1.54) is 4.88 Å². The van der Waals surface area contributed by atoms with Crippen molar-refractivity contribution in [1.29, 1.82) is 0 Å². The van der Waals surface area contributed by atoms with Crippen LogP contribution in [0.15, 0.2) is 12.4 Å². The van der Waals surface area contributed by atoms with Crippen LogP contribution >= 0.6 is 11.3 Å². The first-order chi connectivity index (χ1) is 10.6. The van der Waals surface area contributed by atoms with E-state index in [-0.39, 0.29) is 5.54 Å². The third-order valence-corrected chi connectivity index (χ3v) is 5.87. The third kappa shape index (κ3) is 2.95. The molecule has 5 nitrogen and oxygen atoms in total. The Labute approximate surface area is 135 Å². The molecule has 0 spiro atoms. The molecule has 0 amide bonds. The highest BCUT2D eigenvalue weighted by Crippen LogP contribution is 2.30. The summed E-state index contributed by atoms with van der Waals surface area (Å²) in [4.78, 5) is 13.6. The first kappa shape index (κ1) is 15.6. The molecule has 2 aromatic heterocycles. The van der Waals surface area contributed by atoms with Gasteiger partial charge in [0.25, 0.3) is 0 Å². The van der Waals surface area contributed by atoms with E-state index in [1.54, 1.807) is 17.7 Å². The molecule has 3 heterocycles. The van der Waals surface area contributed by atoms with Crippen molar-refractivity contribution in [3.63, 3.8) is 0 Å². The Kier molecular flexibility index (Phi) is 4.61. The summed E-state index contributed by atoms with van der Waals surface area (Å²) in [5, 5.41) is 4.72. The predicted octanol–water partition coefficient (Wildman–Crippen LogP) is 2.78. The number of aryl methyl sites for hydroxylation is 1. The van der Waals surface area contributed by atoms with Crippen LogP contribution in [0.1, 0.15) is 24.6 Å². The van der Waals surface area contributed by atoms with Crippen LogP contribution in [0, 0.1) is 0 Å². The molecule has 0 saturated carbocycles. The number of rotatable bonds is 5. The predicted molar refractivity (Wildman–Crippen MR) is 91.8 cm³/mol. The summed E-state index contributed by atoms with van der Waals surface area (Å²) in [5.74, 6) is 0.952. The quantitative estimate of drug-likeness (QED) is 0.918. The maximum absolute atomic E-state index is 5.54. The van der Waals surface area contributed by atoms with E-state index in [1.807, 2.05) is 0 Å². The van der Waals surface area contributed by atoms with Crippen molar-refractivity contribution in [3.05, 3.63) is 17.3 Å². The van der Waals surface area contributed by atoms with Gasteiger partial charge in [-0.25, -0.2) is 9.97 Å². The summed E-state index contributed by atoms with van der Waals surface area (Å²) >= 11 is 1.76. The molecule has 120 valence electrons. The van der Waals surface area contributed by atoms with Crippen LogP contribution in [0.3, 0.4) is 0 Å². The van der Waals surface area contributed by atoms with Gasteiger partial charge in [-0.15, -0.1) is 11.3 Å². The Morgan fingerprint density at radius 3 is 2.77 bits per heavy atom. The minimum Gasteiger partial charge on any atom is -0.381 e. The molecule has 0 radical (unpaired) electrons. The van der Waals surface area contributed by atoms with E-state index in [0.29, 0.717) is 0 Å². The van der Waals surface area contributed by atoms with Crippen LogP contribution in [0.2, 0.25) is 0 Å². The number of nitrogens with zero attached hydrogens (tertiary/aromatic N) is 3. The lowest BCUT2D eigenvalue weighted by molar-refractivity contribution is -0.000650. The normalized spacial score (nSPS) is 18.0. The highest BCUT2D eigenvalue weighted by molar-refractivity contribution is 7.18. The summed E-state index contributed by atoms with van der Waals surface area (Å²) in [6.45, 7) is 4.72. The van der Waals surface area contributed by atoms with E-state index in [2.05, 4.69) is 47.3 Å². The Morgan fingerprint density at radius 2 is 2.09 bits per heavy atom. The van der Waals surface area contributed by atoms with Crippen molar-refractivity contribution in [2.24, 2.45) is 0 Å². The lowest BCUT2D eigenvalue weighted by Gasteiger charge is -2.43. The number of nitrogens with one attached hydrogen (secondary N) is 1. The number of hydrogen-bond acceptors (Lipinski definition) is 6. The molecule has 0 aromatic carbocycles. The fraction of sp³-hybridized carbons (Fsp3) is 0.625. The number of hydrogen-bond donors (Lipinski definition) is 1. The maximum Gasteiger partial charge on any atom is 0.138 e. The van der Waals surface area contributed by atoms with Gasteiger partial charge in [0.2, 0.25) is 0 Å². The monoisotopic (exact) mass is 320 g/mol. The highest BCUT2D eigenvalue weighted by atomic mass is 32.1. The van der Waals surface area contributed by atoms with Crippen molar-refractivity contribution in [3.8, 4) is 0 Å². The molecule has 0 atom stereocenters. The minimum absolute atomic E-state index is 0.138. The van der Waals surface area contributed by atoms with Crippen LogP contribution in [-0.4, -0.2) is 54.3 Å². The molecular weight excluding hydrogens is 296 g/mol. The first-order valence-electron chi connectivity index (χ1n) is 7.87. The van der Waals surface area contributed by atoms with E-state index >= 15 is 0 Å². The number of anilines is 1. The number of aromatic nitrogens is 2. The molecular formula is C16H24N4OS. The highest BCUT2D eigenvalue weighted by Gasteiger charge is 2.34. The zero-order valence-electron chi connectivity index (χ0n) is 13.6. The Hall–Kier alpha value is -1.24. The summed E-state index contributed by atoms with van der Waals surface area (Å²) in [6, 6.07) is 2.22. The topological polar surface area (TPSA) is 50.3 Å². The molecule has 2 aromatic rings. The van der Waals surface area contributed by atoms with Gasteiger partial charge in [-0.3, -0.25) is 0 Å². The van der Waals surface area contributed by atoms with Gasteiger partial charge in [0, 0.05) is 30.2 Å². The average Bonchev–Trinajstić information content (AvgIpc) is 2.97. The molecule has 1 fully saturated rings. The number of thiophene rings is 1. The molecule has 22 heavy (non-hydrogen) atoms. The lowest BCUT2D eigenvalue weighted by Crippen LogP contribution is -2.53. The van der Waals surface area contributed by atoms with Crippen molar-refractivity contribution < 1.29 is 4.74 Å². The van der Waals surface area contributed by atoms with Crippen LogP contribution in [0.4, 0.5) is 5.82 Å². The van der Waals surface area contributed by atoms with Gasteiger partial charge in [0.05, 0.1) is 5.39 Å². The van der Waals surface area contributed by atoms with Crippen LogP contribution in [0.25, 0.3) is 10.2 Å². The fourth-order valence-corrected chi connectivity index (χ4v) is 3.94. The van der Waals surface area contributed by atoms with Crippen molar-refractivity contribution in [1.82, 2.24) is 14.9 Å². The largest absolute Gasteiger partial charge is 0.381 e. The molecule has 1 aliphatic rings. The molecule has 0 aliphatic carbocycles. The minimum atomic E-state index is 0.138. The Balaban J connectivity index is 1.82. The molecule has 6 heteroatoms. The molecule has 1 aliphatic heterocycles. The fourth-order valence-electron chi connectivity index (χ4n) is 3.00. The van der Waals surface area contributed by atoms with Gasteiger partial charge < -0.3 is 15.0 Å². The Morgan fingerprint density at radius 1 is 1.32 bits per heavy atom. The second kappa shape index (κ2) is 6.48.